The number of imidazole rings is 1. The van der Waals surface area contributed by atoms with Crippen LogP contribution in [0.5, 0.6) is 11.8 Å². The van der Waals surface area contributed by atoms with Crippen LogP contribution in [0.15, 0.2) is 40.1 Å². The zero-order chi connectivity index (χ0) is 19.8. The number of nitrogens with one attached hydrogen (secondary N) is 1. The molecule has 3 heterocycles. The van der Waals surface area contributed by atoms with Crippen LogP contribution in [0.3, 0.4) is 0 Å². The topological polar surface area (TPSA) is 94.8 Å². The van der Waals surface area contributed by atoms with Crippen LogP contribution in [0, 0.1) is 5.82 Å². The van der Waals surface area contributed by atoms with Gasteiger partial charge in [0.05, 0.1) is 13.3 Å². The predicted molar refractivity (Wildman–Crippen MR) is 91.1 cm³/mol. The zero-order valence-corrected chi connectivity index (χ0v) is 15.8. The SMILES string of the molecule is COc1nc(OC(F)F)c(F)cc1NS(=O)(=O)c1cnc2cc(Br)ccn12. The fourth-order valence-corrected chi connectivity index (χ4v) is 3.65. The summed E-state index contributed by atoms with van der Waals surface area (Å²) in [6.07, 6.45) is 2.57. The smallest absolute Gasteiger partial charge is 0.388 e. The molecule has 27 heavy (non-hydrogen) atoms. The Morgan fingerprint density at radius 1 is 1.30 bits per heavy atom. The third-order valence-electron chi connectivity index (χ3n) is 3.26. The summed E-state index contributed by atoms with van der Waals surface area (Å²) < 4.78 is 76.6. The average molecular weight is 467 g/mol. The minimum atomic E-state index is -4.24. The molecule has 0 saturated heterocycles. The third kappa shape index (κ3) is 3.93. The number of sulfonamides is 1. The average Bonchev–Trinajstić information content (AvgIpc) is 3.00. The summed E-state index contributed by atoms with van der Waals surface area (Å²) in [5.74, 6) is -2.77. The van der Waals surface area contributed by atoms with Crippen molar-refractivity contribution in [2.75, 3.05) is 11.8 Å². The van der Waals surface area contributed by atoms with Crippen molar-refractivity contribution in [2.24, 2.45) is 0 Å². The fourth-order valence-electron chi connectivity index (χ4n) is 2.18. The number of methoxy groups -OCH3 is 1. The van der Waals surface area contributed by atoms with Gasteiger partial charge in [-0.15, -0.1) is 0 Å². The Balaban J connectivity index is 2.01. The van der Waals surface area contributed by atoms with Crippen molar-refractivity contribution in [3.05, 3.63) is 40.9 Å². The second-order valence-corrected chi connectivity index (χ2v) is 7.53. The number of rotatable bonds is 6. The molecule has 0 unspecified atom stereocenters. The monoisotopic (exact) mass is 466 g/mol. The van der Waals surface area contributed by atoms with Gasteiger partial charge in [0.25, 0.3) is 15.9 Å². The molecule has 8 nitrogen and oxygen atoms in total. The van der Waals surface area contributed by atoms with E-state index in [1.165, 1.54) is 10.6 Å². The maximum absolute atomic E-state index is 13.9. The second kappa shape index (κ2) is 7.23. The molecule has 0 aliphatic carbocycles. The van der Waals surface area contributed by atoms with Gasteiger partial charge >= 0.3 is 6.61 Å². The van der Waals surface area contributed by atoms with E-state index < -0.39 is 39.9 Å². The maximum Gasteiger partial charge on any atom is 0.388 e. The molecule has 144 valence electrons. The van der Waals surface area contributed by atoms with Crippen molar-refractivity contribution < 1.29 is 31.1 Å². The third-order valence-corrected chi connectivity index (χ3v) is 5.10. The number of hydrogen-bond donors (Lipinski definition) is 1. The number of alkyl halides is 2. The molecule has 3 aromatic heterocycles. The highest BCUT2D eigenvalue weighted by Crippen LogP contribution is 2.31. The molecule has 0 atom stereocenters. The number of halogens is 4. The number of aromatic nitrogens is 3. The van der Waals surface area contributed by atoms with Crippen LogP contribution in [0.4, 0.5) is 18.9 Å². The highest BCUT2D eigenvalue weighted by Gasteiger charge is 2.24. The van der Waals surface area contributed by atoms with Crippen molar-refractivity contribution in [1.82, 2.24) is 14.4 Å². The minimum Gasteiger partial charge on any atom is -0.479 e. The van der Waals surface area contributed by atoms with E-state index in [2.05, 4.69) is 35.4 Å². The van der Waals surface area contributed by atoms with Gasteiger partial charge in [-0.25, -0.2) is 9.37 Å². The molecule has 3 aromatic rings. The van der Waals surface area contributed by atoms with Crippen LogP contribution in [0.2, 0.25) is 0 Å². The highest BCUT2D eigenvalue weighted by atomic mass is 79.9. The van der Waals surface area contributed by atoms with Crippen molar-refractivity contribution >= 4 is 37.3 Å². The Labute approximate surface area is 159 Å². The highest BCUT2D eigenvalue weighted by molar-refractivity contribution is 9.10. The Morgan fingerprint density at radius 3 is 2.70 bits per heavy atom. The first-order valence-corrected chi connectivity index (χ1v) is 9.33. The van der Waals surface area contributed by atoms with E-state index in [-0.39, 0.29) is 5.03 Å². The number of hydrogen-bond acceptors (Lipinski definition) is 6. The largest absolute Gasteiger partial charge is 0.479 e. The van der Waals surface area contributed by atoms with Crippen LogP contribution in [0.25, 0.3) is 5.65 Å². The van der Waals surface area contributed by atoms with Gasteiger partial charge in [0.2, 0.25) is 5.88 Å². The molecular formula is C14H10BrF3N4O4S. The number of anilines is 1. The van der Waals surface area contributed by atoms with Crippen LogP contribution >= 0.6 is 15.9 Å². The number of fused-ring (bicyclic) bond motifs is 1. The molecule has 0 fully saturated rings. The molecule has 0 spiro atoms. The summed E-state index contributed by atoms with van der Waals surface area (Å²) in [4.78, 5) is 7.40. The second-order valence-electron chi connectivity index (χ2n) is 4.99. The molecule has 1 N–H and O–H groups in total. The van der Waals surface area contributed by atoms with Crippen molar-refractivity contribution in [3.63, 3.8) is 0 Å². The number of nitrogens with zero attached hydrogens (tertiary/aromatic N) is 3. The molecule has 3 rings (SSSR count). The lowest BCUT2D eigenvalue weighted by molar-refractivity contribution is -0.0555. The van der Waals surface area contributed by atoms with Crippen LogP contribution < -0.4 is 14.2 Å². The summed E-state index contributed by atoms with van der Waals surface area (Å²) in [7, 11) is -3.13. The van der Waals surface area contributed by atoms with Crippen molar-refractivity contribution in [2.45, 2.75) is 11.6 Å². The molecule has 0 bridgehead atoms. The van der Waals surface area contributed by atoms with Gasteiger partial charge in [-0.05, 0) is 12.1 Å². The lowest BCUT2D eigenvalue weighted by atomic mass is 10.4. The normalized spacial score (nSPS) is 11.8. The van der Waals surface area contributed by atoms with Crippen molar-refractivity contribution in [1.29, 1.82) is 0 Å². The van der Waals surface area contributed by atoms with E-state index in [4.69, 9.17) is 4.74 Å². The Hall–Kier alpha value is -2.54. The first-order valence-electron chi connectivity index (χ1n) is 7.06. The van der Waals surface area contributed by atoms with E-state index in [0.29, 0.717) is 16.2 Å². The summed E-state index contributed by atoms with van der Waals surface area (Å²) in [5.41, 5.74) is -0.0506. The first-order chi connectivity index (χ1) is 12.7. The predicted octanol–water partition coefficient (Wildman–Crippen LogP) is 3.04. The Kier molecular flexibility index (Phi) is 5.15. The summed E-state index contributed by atoms with van der Waals surface area (Å²) in [5, 5.41) is -0.236. The Morgan fingerprint density at radius 2 is 2.04 bits per heavy atom. The molecule has 13 heteroatoms. The van der Waals surface area contributed by atoms with E-state index in [0.717, 1.165) is 13.3 Å². The quantitative estimate of drug-likeness (QED) is 0.599. The molecule has 0 aliphatic heterocycles. The van der Waals surface area contributed by atoms with E-state index >= 15 is 0 Å². The van der Waals surface area contributed by atoms with Gasteiger partial charge < -0.3 is 9.47 Å². The van der Waals surface area contributed by atoms with Crippen LogP contribution in [-0.2, 0) is 10.0 Å². The number of ether oxygens (including phenoxy) is 2. The van der Waals surface area contributed by atoms with E-state index in [1.807, 2.05) is 0 Å². The van der Waals surface area contributed by atoms with Gasteiger partial charge in [0, 0.05) is 16.7 Å². The molecule has 0 saturated carbocycles. The summed E-state index contributed by atoms with van der Waals surface area (Å²) in [6, 6.07) is 3.82. The lowest BCUT2D eigenvalue weighted by Crippen LogP contribution is -2.16. The van der Waals surface area contributed by atoms with E-state index in [9.17, 15) is 21.6 Å². The summed E-state index contributed by atoms with van der Waals surface area (Å²) in [6.45, 7) is -3.31. The minimum absolute atomic E-state index is 0.236. The first kappa shape index (κ1) is 19.2. The van der Waals surface area contributed by atoms with Crippen LogP contribution in [-0.4, -0.2) is 36.5 Å². The van der Waals surface area contributed by atoms with Gasteiger partial charge in [0.1, 0.15) is 11.3 Å². The lowest BCUT2D eigenvalue weighted by Gasteiger charge is -2.13. The number of pyridine rings is 2. The van der Waals surface area contributed by atoms with Crippen LogP contribution in [0.1, 0.15) is 0 Å². The molecule has 0 amide bonds. The van der Waals surface area contributed by atoms with E-state index in [1.54, 1.807) is 12.1 Å². The Bertz CT molecular complexity index is 1110. The fraction of sp³-hybridized carbons (Fsp3) is 0.143. The zero-order valence-electron chi connectivity index (χ0n) is 13.4. The van der Waals surface area contributed by atoms with Gasteiger partial charge in [-0.3, -0.25) is 9.12 Å². The molecule has 0 radical (unpaired) electrons. The molecular weight excluding hydrogens is 457 g/mol. The molecule has 0 aliphatic rings. The van der Waals surface area contributed by atoms with Crippen molar-refractivity contribution in [3.8, 4) is 11.8 Å². The maximum atomic E-state index is 13.9. The van der Waals surface area contributed by atoms with Gasteiger partial charge in [0.15, 0.2) is 10.8 Å². The van der Waals surface area contributed by atoms with Gasteiger partial charge in [-0.2, -0.15) is 22.2 Å². The standard InChI is InChI=1S/C14H10BrF3N4O4S/c1-25-13-9(5-8(16)12(20-13)26-14(17)18)21-27(23,24)11-6-19-10-4-7(15)2-3-22(10)11/h2-6,14,21H,1H3. The molecule has 0 aromatic carbocycles. The summed E-state index contributed by atoms with van der Waals surface area (Å²) >= 11 is 3.25. The van der Waals surface area contributed by atoms with Gasteiger partial charge in [-0.1, -0.05) is 15.9 Å².